The molecule has 3 rings (SSSR count). The van der Waals surface area contributed by atoms with Crippen LogP contribution in [0.1, 0.15) is 18.4 Å². The molecule has 0 saturated carbocycles. The number of carbonyl (C=O) groups excluding carboxylic acids is 1. The molecule has 1 aliphatic heterocycles. The van der Waals surface area contributed by atoms with Crippen LogP contribution in [-0.2, 0) is 21.2 Å². The molecule has 1 unspecified atom stereocenters. The van der Waals surface area contributed by atoms with E-state index in [-0.39, 0.29) is 17.3 Å². The fraction of sp³-hybridized carbons (Fsp3) is 0.300. The molecular formula is C20H20BrN3O3S. The first kappa shape index (κ1) is 20.5. The molecule has 1 amide bonds. The molecule has 6 nitrogen and oxygen atoms in total. The maximum Gasteiger partial charge on any atom is 0.243 e. The van der Waals surface area contributed by atoms with Crippen LogP contribution in [0, 0.1) is 17.2 Å². The summed E-state index contributed by atoms with van der Waals surface area (Å²) < 4.78 is 28.0. The summed E-state index contributed by atoms with van der Waals surface area (Å²) in [5, 5.41) is 11.6. The Balaban J connectivity index is 1.67. The van der Waals surface area contributed by atoms with Gasteiger partial charge in [0.15, 0.2) is 0 Å². The fourth-order valence-corrected chi connectivity index (χ4v) is 4.96. The third-order valence-electron chi connectivity index (χ3n) is 4.71. The molecule has 0 spiro atoms. The minimum atomic E-state index is -3.63. The van der Waals surface area contributed by atoms with E-state index >= 15 is 0 Å². The Labute approximate surface area is 173 Å². The van der Waals surface area contributed by atoms with Gasteiger partial charge in [0.05, 0.1) is 23.3 Å². The zero-order valence-electron chi connectivity index (χ0n) is 15.1. The highest BCUT2D eigenvalue weighted by Crippen LogP contribution is 2.25. The van der Waals surface area contributed by atoms with Crippen molar-refractivity contribution in [1.82, 2.24) is 4.31 Å². The van der Waals surface area contributed by atoms with Gasteiger partial charge >= 0.3 is 0 Å². The first-order valence-corrected chi connectivity index (χ1v) is 11.2. The number of carbonyl (C=O) groups is 1. The predicted molar refractivity (Wildman–Crippen MR) is 110 cm³/mol. The molecule has 146 valence electrons. The fourth-order valence-electron chi connectivity index (χ4n) is 3.17. The third-order valence-corrected chi connectivity index (χ3v) is 7.12. The standard InChI is InChI=1S/C20H20BrN3O3S/c21-17-5-9-19(10-6-17)28(26,27)24-13-1-2-16(14-24)20(25)23-18-7-3-15(4-8-18)11-12-22/h3-10,16H,1-2,11,13-14H2,(H,23,25). The van der Waals surface area contributed by atoms with E-state index in [1.165, 1.54) is 4.31 Å². The van der Waals surface area contributed by atoms with Gasteiger partial charge < -0.3 is 5.32 Å². The lowest BCUT2D eigenvalue weighted by Crippen LogP contribution is -2.43. The summed E-state index contributed by atoms with van der Waals surface area (Å²) in [5.74, 6) is -0.596. The monoisotopic (exact) mass is 461 g/mol. The van der Waals surface area contributed by atoms with Gasteiger partial charge in [0.25, 0.3) is 0 Å². The molecule has 0 radical (unpaired) electrons. The Kier molecular flexibility index (Phi) is 6.50. The van der Waals surface area contributed by atoms with Crippen molar-refractivity contribution in [1.29, 1.82) is 5.26 Å². The number of amides is 1. The molecule has 0 bridgehead atoms. The maximum atomic E-state index is 12.9. The van der Waals surface area contributed by atoms with Crippen LogP contribution < -0.4 is 5.32 Å². The van der Waals surface area contributed by atoms with Crippen LogP contribution in [0.2, 0.25) is 0 Å². The first-order valence-electron chi connectivity index (χ1n) is 8.92. The van der Waals surface area contributed by atoms with E-state index in [4.69, 9.17) is 5.26 Å². The smallest absolute Gasteiger partial charge is 0.243 e. The van der Waals surface area contributed by atoms with Crippen molar-refractivity contribution in [3.05, 3.63) is 58.6 Å². The van der Waals surface area contributed by atoms with Gasteiger partial charge in [-0.2, -0.15) is 9.57 Å². The van der Waals surface area contributed by atoms with E-state index < -0.39 is 15.9 Å². The topological polar surface area (TPSA) is 90.3 Å². The molecule has 1 heterocycles. The van der Waals surface area contributed by atoms with Crippen molar-refractivity contribution in [3.8, 4) is 6.07 Å². The van der Waals surface area contributed by atoms with Gasteiger partial charge in [0.2, 0.25) is 15.9 Å². The molecule has 2 aromatic carbocycles. The highest BCUT2D eigenvalue weighted by atomic mass is 79.9. The van der Waals surface area contributed by atoms with Gasteiger partial charge in [-0.25, -0.2) is 8.42 Å². The number of piperidine rings is 1. The van der Waals surface area contributed by atoms with Crippen molar-refractivity contribution in [2.45, 2.75) is 24.2 Å². The third kappa shape index (κ3) is 4.79. The molecule has 28 heavy (non-hydrogen) atoms. The second-order valence-electron chi connectivity index (χ2n) is 6.68. The van der Waals surface area contributed by atoms with Gasteiger partial charge in [-0.15, -0.1) is 0 Å². The summed E-state index contributed by atoms with van der Waals surface area (Å²) in [4.78, 5) is 12.9. The number of halogens is 1. The van der Waals surface area contributed by atoms with Crippen molar-refractivity contribution in [2.24, 2.45) is 5.92 Å². The number of nitrogens with zero attached hydrogens (tertiary/aromatic N) is 2. The van der Waals surface area contributed by atoms with E-state index in [1.54, 1.807) is 48.5 Å². The number of nitriles is 1. The molecule has 0 aromatic heterocycles. The minimum absolute atomic E-state index is 0.163. The molecule has 1 N–H and O–H groups in total. The van der Waals surface area contributed by atoms with Crippen LogP contribution in [0.4, 0.5) is 5.69 Å². The van der Waals surface area contributed by atoms with Gasteiger partial charge in [0, 0.05) is 23.2 Å². The van der Waals surface area contributed by atoms with E-state index in [0.29, 0.717) is 31.5 Å². The lowest BCUT2D eigenvalue weighted by Gasteiger charge is -2.31. The molecule has 1 fully saturated rings. The van der Waals surface area contributed by atoms with Gasteiger partial charge in [-0.1, -0.05) is 28.1 Å². The van der Waals surface area contributed by atoms with Gasteiger partial charge in [-0.3, -0.25) is 4.79 Å². The average molecular weight is 462 g/mol. The van der Waals surface area contributed by atoms with Crippen LogP contribution >= 0.6 is 15.9 Å². The highest BCUT2D eigenvalue weighted by Gasteiger charge is 2.33. The Morgan fingerprint density at radius 1 is 1.18 bits per heavy atom. The normalized spacial score (nSPS) is 17.6. The number of hydrogen-bond donors (Lipinski definition) is 1. The molecular weight excluding hydrogens is 442 g/mol. The molecule has 1 atom stereocenters. The van der Waals surface area contributed by atoms with Crippen molar-refractivity contribution in [3.63, 3.8) is 0 Å². The number of anilines is 1. The summed E-state index contributed by atoms with van der Waals surface area (Å²) in [7, 11) is -3.63. The molecule has 8 heteroatoms. The molecule has 2 aromatic rings. The number of hydrogen-bond acceptors (Lipinski definition) is 4. The Morgan fingerprint density at radius 2 is 1.86 bits per heavy atom. The average Bonchev–Trinajstić information content (AvgIpc) is 2.70. The van der Waals surface area contributed by atoms with Crippen LogP contribution in [-0.4, -0.2) is 31.7 Å². The summed E-state index contributed by atoms with van der Waals surface area (Å²) in [6, 6.07) is 15.7. The van der Waals surface area contributed by atoms with Crippen molar-refractivity contribution in [2.75, 3.05) is 18.4 Å². The quantitative estimate of drug-likeness (QED) is 0.736. The van der Waals surface area contributed by atoms with Gasteiger partial charge in [-0.05, 0) is 54.8 Å². The minimum Gasteiger partial charge on any atom is -0.326 e. The maximum absolute atomic E-state index is 12.9. The summed E-state index contributed by atoms with van der Waals surface area (Å²) >= 11 is 3.30. The highest BCUT2D eigenvalue weighted by molar-refractivity contribution is 9.10. The molecule has 0 aliphatic carbocycles. The van der Waals surface area contributed by atoms with Crippen molar-refractivity contribution < 1.29 is 13.2 Å². The zero-order chi connectivity index (χ0) is 20.1. The first-order chi connectivity index (χ1) is 13.4. The lowest BCUT2D eigenvalue weighted by molar-refractivity contribution is -0.120. The van der Waals surface area contributed by atoms with Gasteiger partial charge in [0.1, 0.15) is 0 Å². The largest absolute Gasteiger partial charge is 0.326 e. The van der Waals surface area contributed by atoms with Crippen LogP contribution in [0.3, 0.4) is 0 Å². The van der Waals surface area contributed by atoms with E-state index in [1.807, 2.05) is 0 Å². The summed E-state index contributed by atoms with van der Waals surface area (Å²) in [5.41, 5.74) is 1.52. The second kappa shape index (κ2) is 8.86. The Bertz CT molecular complexity index is 983. The lowest BCUT2D eigenvalue weighted by atomic mass is 9.98. The zero-order valence-corrected chi connectivity index (χ0v) is 17.5. The van der Waals surface area contributed by atoms with Crippen LogP contribution in [0.15, 0.2) is 57.9 Å². The molecule has 1 aliphatic rings. The van der Waals surface area contributed by atoms with E-state index in [9.17, 15) is 13.2 Å². The van der Waals surface area contributed by atoms with E-state index in [0.717, 1.165) is 10.0 Å². The number of benzene rings is 2. The number of sulfonamides is 1. The van der Waals surface area contributed by atoms with E-state index in [2.05, 4.69) is 27.3 Å². The number of rotatable bonds is 5. The second-order valence-corrected chi connectivity index (χ2v) is 9.53. The Morgan fingerprint density at radius 3 is 2.50 bits per heavy atom. The predicted octanol–water partition coefficient (Wildman–Crippen LogP) is 3.55. The van der Waals surface area contributed by atoms with Crippen LogP contribution in [0.5, 0.6) is 0 Å². The summed E-state index contributed by atoms with van der Waals surface area (Å²) in [6.45, 7) is 0.571. The SMILES string of the molecule is N#CCc1ccc(NC(=O)C2CCCN(S(=O)(=O)c3ccc(Br)cc3)C2)cc1. The Hall–Kier alpha value is -2.21. The number of nitrogens with one attached hydrogen (secondary N) is 1. The summed E-state index contributed by atoms with van der Waals surface area (Å²) in [6.07, 6.45) is 1.60. The van der Waals surface area contributed by atoms with Crippen molar-refractivity contribution >= 4 is 37.5 Å². The molecule has 1 saturated heterocycles. The van der Waals surface area contributed by atoms with Crippen LogP contribution in [0.25, 0.3) is 0 Å².